The highest BCUT2D eigenvalue weighted by Crippen LogP contribution is 2.27. The summed E-state index contributed by atoms with van der Waals surface area (Å²) in [7, 11) is 1.49. The number of ether oxygens (including phenoxy) is 1. The molecule has 0 saturated heterocycles. The van der Waals surface area contributed by atoms with Gasteiger partial charge in [0, 0.05) is 12.3 Å². The van der Waals surface area contributed by atoms with E-state index in [-0.39, 0.29) is 19.4 Å². The van der Waals surface area contributed by atoms with Gasteiger partial charge in [-0.25, -0.2) is 0 Å². The molecule has 0 aromatic heterocycles. The van der Waals surface area contributed by atoms with Gasteiger partial charge in [-0.15, -0.1) is 0 Å². The Bertz CT molecular complexity index is 351. The number of rotatable bonds is 6. The highest BCUT2D eigenvalue weighted by molar-refractivity contribution is 5.47. The zero-order valence-corrected chi connectivity index (χ0v) is 10.00. The fourth-order valence-electron chi connectivity index (χ4n) is 1.50. The maximum Gasteiger partial charge on any atom is 0.408 e. The fourth-order valence-corrected chi connectivity index (χ4v) is 1.50. The van der Waals surface area contributed by atoms with E-state index in [4.69, 9.17) is 9.84 Å². The van der Waals surface area contributed by atoms with E-state index in [1.807, 2.05) is 0 Å². The molecule has 0 aliphatic heterocycles. The molecule has 1 aromatic carbocycles. The molecular formula is C12H16F3NO2. The lowest BCUT2D eigenvalue weighted by molar-refractivity contribution is -0.144. The second kappa shape index (κ2) is 6.49. The molecule has 2 N–H and O–H groups in total. The summed E-state index contributed by atoms with van der Waals surface area (Å²) in [4.78, 5) is 0. The number of aliphatic hydroxyl groups is 1. The number of aliphatic hydroxyl groups excluding tert-OH is 1. The van der Waals surface area contributed by atoms with Crippen molar-refractivity contribution in [3.63, 3.8) is 0 Å². The molecule has 102 valence electrons. The van der Waals surface area contributed by atoms with Gasteiger partial charge in [0.1, 0.15) is 11.8 Å². The quantitative estimate of drug-likeness (QED) is 0.829. The fraction of sp³-hybridized carbons (Fsp3) is 0.500. The Morgan fingerprint density at radius 1 is 1.28 bits per heavy atom. The van der Waals surface area contributed by atoms with Crippen LogP contribution in [0.1, 0.15) is 12.8 Å². The molecule has 0 radical (unpaired) electrons. The first-order valence-electron chi connectivity index (χ1n) is 5.55. The first kappa shape index (κ1) is 14.6. The van der Waals surface area contributed by atoms with Crippen LogP contribution in [0.3, 0.4) is 0 Å². The van der Waals surface area contributed by atoms with E-state index in [0.29, 0.717) is 11.4 Å². The highest BCUT2D eigenvalue weighted by atomic mass is 19.4. The number of hydrogen-bond donors (Lipinski definition) is 2. The molecule has 6 heteroatoms. The number of methoxy groups -OCH3 is 1. The summed E-state index contributed by atoms with van der Waals surface area (Å²) in [6, 6.07) is 4.56. The van der Waals surface area contributed by atoms with Crippen molar-refractivity contribution in [2.45, 2.75) is 25.1 Å². The van der Waals surface area contributed by atoms with Gasteiger partial charge in [-0.1, -0.05) is 0 Å². The molecule has 0 aliphatic rings. The number of anilines is 1. The van der Waals surface area contributed by atoms with Gasteiger partial charge in [0.15, 0.2) is 0 Å². The van der Waals surface area contributed by atoms with Gasteiger partial charge in [0.2, 0.25) is 0 Å². The smallest absolute Gasteiger partial charge is 0.408 e. The molecule has 18 heavy (non-hydrogen) atoms. The van der Waals surface area contributed by atoms with E-state index in [9.17, 15) is 13.2 Å². The highest BCUT2D eigenvalue weighted by Gasteiger charge is 2.38. The lowest BCUT2D eigenvalue weighted by Crippen LogP contribution is -2.36. The van der Waals surface area contributed by atoms with Crippen LogP contribution < -0.4 is 10.1 Å². The average molecular weight is 263 g/mol. The Hall–Kier alpha value is -1.43. The summed E-state index contributed by atoms with van der Waals surface area (Å²) in [5, 5.41) is 11.0. The van der Waals surface area contributed by atoms with Crippen molar-refractivity contribution in [3.05, 3.63) is 24.3 Å². The van der Waals surface area contributed by atoms with Gasteiger partial charge in [0.25, 0.3) is 0 Å². The Balaban J connectivity index is 2.69. The molecule has 1 aromatic rings. The SMILES string of the molecule is COc1ccc(NC(CCCO)C(F)(F)F)cc1. The van der Waals surface area contributed by atoms with Gasteiger partial charge >= 0.3 is 6.18 Å². The minimum atomic E-state index is -4.34. The van der Waals surface area contributed by atoms with Gasteiger partial charge < -0.3 is 15.2 Å². The van der Waals surface area contributed by atoms with Gasteiger partial charge in [-0.3, -0.25) is 0 Å². The Morgan fingerprint density at radius 2 is 1.89 bits per heavy atom. The zero-order chi connectivity index (χ0) is 13.6. The zero-order valence-electron chi connectivity index (χ0n) is 10.00. The largest absolute Gasteiger partial charge is 0.497 e. The van der Waals surface area contributed by atoms with Crippen molar-refractivity contribution in [1.82, 2.24) is 0 Å². The minimum absolute atomic E-state index is 0.104. The Labute approximate surface area is 104 Å². The molecule has 0 heterocycles. The lowest BCUT2D eigenvalue weighted by Gasteiger charge is -2.22. The monoisotopic (exact) mass is 263 g/mol. The van der Waals surface area contributed by atoms with Crippen LogP contribution >= 0.6 is 0 Å². The summed E-state index contributed by atoms with van der Waals surface area (Å²) in [5.41, 5.74) is 0.371. The molecule has 0 bridgehead atoms. The second-order valence-electron chi connectivity index (χ2n) is 3.83. The third-order valence-electron chi connectivity index (χ3n) is 2.48. The van der Waals surface area contributed by atoms with Crippen LogP contribution in [0, 0.1) is 0 Å². The Morgan fingerprint density at radius 3 is 2.33 bits per heavy atom. The molecule has 0 fully saturated rings. The molecule has 1 atom stereocenters. The van der Waals surface area contributed by atoms with Crippen LogP contribution in [0.2, 0.25) is 0 Å². The number of benzene rings is 1. The molecule has 0 aliphatic carbocycles. The number of nitrogens with one attached hydrogen (secondary N) is 1. The van der Waals surface area contributed by atoms with Crippen molar-refractivity contribution in [1.29, 1.82) is 0 Å². The third-order valence-corrected chi connectivity index (χ3v) is 2.48. The average Bonchev–Trinajstić information content (AvgIpc) is 2.34. The molecule has 1 unspecified atom stereocenters. The van der Waals surface area contributed by atoms with E-state index in [1.54, 1.807) is 12.1 Å². The van der Waals surface area contributed by atoms with Crippen molar-refractivity contribution in [2.75, 3.05) is 19.0 Å². The Kier molecular flexibility index (Phi) is 5.27. The molecular weight excluding hydrogens is 247 g/mol. The number of alkyl halides is 3. The van der Waals surface area contributed by atoms with Gasteiger partial charge in [-0.2, -0.15) is 13.2 Å². The van der Waals surface area contributed by atoms with Crippen molar-refractivity contribution in [3.8, 4) is 5.75 Å². The summed E-state index contributed by atoms with van der Waals surface area (Å²) in [6.07, 6.45) is -4.39. The van der Waals surface area contributed by atoms with Crippen LogP contribution in [-0.2, 0) is 0 Å². The van der Waals surface area contributed by atoms with E-state index in [1.165, 1.54) is 19.2 Å². The second-order valence-corrected chi connectivity index (χ2v) is 3.83. The van der Waals surface area contributed by atoms with Gasteiger partial charge in [-0.05, 0) is 37.1 Å². The summed E-state index contributed by atoms with van der Waals surface area (Å²) < 4.78 is 43.0. The van der Waals surface area contributed by atoms with Crippen molar-refractivity contribution < 1.29 is 23.0 Å². The topological polar surface area (TPSA) is 41.5 Å². The lowest BCUT2D eigenvalue weighted by atomic mass is 10.1. The van der Waals surface area contributed by atoms with E-state index >= 15 is 0 Å². The normalized spacial score (nSPS) is 13.2. The third kappa shape index (κ3) is 4.44. The molecule has 0 amide bonds. The van der Waals surface area contributed by atoms with Crippen LogP contribution in [0.15, 0.2) is 24.3 Å². The predicted octanol–water partition coefficient (Wildman–Crippen LogP) is 2.81. The maximum absolute atomic E-state index is 12.7. The molecule has 3 nitrogen and oxygen atoms in total. The molecule has 1 rings (SSSR count). The first-order valence-corrected chi connectivity index (χ1v) is 5.55. The van der Waals surface area contributed by atoms with Crippen LogP contribution in [-0.4, -0.2) is 31.0 Å². The van der Waals surface area contributed by atoms with Crippen LogP contribution in [0.25, 0.3) is 0 Å². The summed E-state index contributed by atoms with van der Waals surface area (Å²) in [6.45, 7) is -0.253. The van der Waals surface area contributed by atoms with Crippen molar-refractivity contribution >= 4 is 5.69 Å². The predicted molar refractivity (Wildman–Crippen MR) is 62.8 cm³/mol. The maximum atomic E-state index is 12.7. The summed E-state index contributed by atoms with van der Waals surface area (Å²) in [5.74, 6) is 0.583. The van der Waals surface area contributed by atoms with Crippen molar-refractivity contribution in [2.24, 2.45) is 0 Å². The molecule has 0 spiro atoms. The molecule has 0 saturated carbocycles. The number of halogens is 3. The van der Waals surface area contributed by atoms with Crippen LogP contribution in [0.4, 0.5) is 18.9 Å². The standard InChI is InChI=1S/C12H16F3NO2/c1-18-10-6-4-9(5-7-10)16-11(3-2-8-17)12(13,14)15/h4-7,11,16-17H,2-3,8H2,1H3. The number of hydrogen-bond acceptors (Lipinski definition) is 3. The van der Waals surface area contributed by atoms with Gasteiger partial charge in [0.05, 0.1) is 7.11 Å². The minimum Gasteiger partial charge on any atom is -0.497 e. The van der Waals surface area contributed by atoms with E-state index < -0.39 is 12.2 Å². The van der Waals surface area contributed by atoms with E-state index in [0.717, 1.165) is 0 Å². The van der Waals surface area contributed by atoms with Crippen LogP contribution in [0.5, 0.6) is 5.75 Å². The summed E-state index contributed by atoms with van der Waals surface area (Å²) >= 11 is 0. The van der Waals surface area contributed by atoms with E-state index in [2.05, 4.69) is 5.32 Å². The first-order chi connectivity index (χ1) is 8.47.